The number of nitrogens with zero attached hydrogens (tertiary/aromatic N) is 3. The fourth-order valence-corrected chi connectivity index (χ4v) is 7.95. The van der Waals surface area contributed by atoms with Crippen LogP contribution in [0.4, 0.5) is 0 Å². The largest absolute Gasteiger partial charge is 0.494 e. The highest BCUT2D eigenvalue weighted by Gasteiger charge is 2.52. The second-order valence-electron chi connectivity index (χ2n) is 15.6. The van der Waals surface area contributed by atoms with Gasteiger partial charge in [-0.15, -0.1) is 0 Å². The van der Waals surface area contributed by atoms with E-state index in [4.69, 9.17) is 24.1 Å². The molecule has 9 rings (SSSR count). The van der Waals surface area contributed by atoms with E-state index in [0.29, 0.717) is 12.4 Å². The number of aromatic nitrogens is 4. The highest BCUT2D eigenvalue weighted by Crippen LogP contribution is 2.44. The topological polar surface area (TPSA) is 74.2 Å². The van der Waals surface area contributed by atoms with Gasteiger partial charge in [0.15, 0.2) is 5.82 Å². The van der Waals surface area contributed by atoms with Gasteiger partial charge in [-0.25, -0.2) is 9.67 Å². The van der Waals surface area contributed by atoms with Crippen LogP contribution in [-0.4, -0.2) is 44.7 Å². The van der Waals surface area contributed by atoms with Crippen molar-refractivity contribution in [2.24, 2.45) is 0 Å². The summed E-state index contributed by atoms with van der Waals surface area (Å²) < 4.78 is 21.4. The molecule has 1 saturated heterocycles. The maximum absolute atomic E-state index is 6.59. The number of H-pyrrole nitrogens is 1. The van der Waals surface area contributed by atoms with Crippen LogP contribution in [0, 0.1) is 0 Å². The Labute approximate surface area is 328 Å². The number of rotatable bonds is 10. The maximum Gasteiger partial charge on any atom is 0.494 e. The van der Waals surface area contributed by atoms with Crippen LogP contribution < -0.4 is 10.2 Å². The summed E-state index contributed by atoms with van der Waals surface area (Å²) in [7, 11) is -0.549. The number of nitrogens with one attached hydrogen (secondary N) is 1. The minimum absolute atomic E-state index is 0.489. The van der Waals surface area contributed by atoms with Gasteiger partial charge in [0, 0.05) is 10.9 Å². The lowest BCUT2D eigenvalue weighted by atomic mass is 9.76. The molecule has 0 bridgehead atoms. The van der Waals surface area contributed by atoms with Gasteiger partial charge < -0.3 is 19.0 Å². The third-order valence-electron chi connectivity index (χ3n) is 11.5. The maximum atomic E-state index is 6.59. The average Bonchev–Trinajstić information content (AvgIpc) is 3.89. The molecule has 0 aliphatic carbocycles. The van der Waals surface area contributed by atoms with Gasteiger partial charge in [-0.05, 0) is 86.1 Å². The van der Waals surface area contributed by atoms with Gasteiger partial charge in [-0.2, -0.15) is 5.10 Å². The second kappa shape index (κ2) is 14.0. The summed E-state index contributed by atoms with van der Waals surface area (Å²) >= 11 is 0. The number of ether oxygens (including phenoxy) is 1. The zero-order valence-corrected chi connectivity index (χ0v) is 32.5. The molecule has 1 N–H and O–H groups in total. The van der Waals surface area contributed by atoms with Crippen molar-refractivity contribution in [1.29, 1.82) is 0 Å². The highest BCUT2D eigenvalue weighted by molar-refractivity contribution is 6.62. The van der Waals surface area contributed by atoms with E-state index in [1.54, 1.807) is 0 Å². The lowest BCUT2D eigenvalue weighted by Gasteiger charge is -2.37. The molecule has 278 valence electrons. The van der Waals surface area contributed by atoms with Gasteiger partial charge >= 0.3 is 7.12 Å². The average molecular weight is 737 g/mol. The van der Waals surface area contributed by atoms with Crippen LogP contribution in [-0.2, 0) is 14.8 Å². The van der Waals surface area contributed by atoms with Crippen molar-refractivity contribution in [2.45, 2.75) is 57.8 Å². The van der Waals surface area contributed by atoms with E-state index in [2.05, 4.69) is 184 Å². The molecular weight excluding hydrogens is 691 g/mol. The standard InChI is InChI=1S/C48H45BN4O3/c1-6-30-54-38-25-16-18-33(31-38)39-26-17-27-41-43(39)51-45(50-41)44-40-32-37(49-55-46(2,3)47(4,5)56-49)28-29-42(40)53(52-44)48(34-19-10-7-11-20-34,35-21-12-8-13-22-35)36-23-14-9-15-24-36/h7-29,31-32H,6,30H2,1-5H3,(H,50,51). The van der Waals surface area contributed by atoms with E-state index in [-0.39, 0.29) is 0 Å². The minimum Gasteiger partial charge on any atom is -0.494 e. The predicted molar refractivity (Wildman–Crippen MR) is 226 cm³/mol. The molecule has 0 amide bonds. The number of aromatic amines is 1. The smallest absolute Gasteiger partial charge is 0.494 e. The third-order valence-corrected chi connectivity index (χ3v) is 11.5. The van der Waals surface area contributed by atoms with Crippen LogP contribution in [0.2, 0.25) is 0 Å². The van der Waals surface area contributed by atoms with Crippen LogP contribution in [0.5, 0.6) is 5.75 Å². The fourth-order valence-electron chi connectivity index (χ4n) is 7.95. The summed E-state index contributed by atoms with van der Waals surface area (Å²) in [5.41, 5.74) is 7.85. The first-order valence-corrected chi connectivity index (χ1v) is 19.5. The number of fused-ring (bicyclic) bond motifs is 2. The Kier molecular flexibility index (Phi) is 8.91. The molecular formula is C48H45BN4O3. The number of hydrogen-bond donors (Lipinski definition) is 1. The molecule has 0 unspecified atom stereocenters. The Balaban J connectivity index is 1.32. The molecule has 1 aliphatic heterocycles. The highest BCUT2D eigenvalue weighted by atomic mass is 16.7. The van der Waals surface area contributed by atoms with Crippen molar-refractivity contribution >= 4 is 34.5 Å². The Morgan fingerprint density at radius 2 is 1.30 bits per heavy atom. The van der Waals surface area contributed by atoms with Crippen LogP contribution in [0.15, 0.2) is 152 Å². The van der Waals surface area contributed by atoms with E-state index in [9.17, 15) is 0 Å². The molecule has 8 aromatic rings. The van der Waals surface area contributed by atoms with Crippen molar-refractivity contribution in [2.75, 3.05) is 6.61 Å². The molecule has 7 nitrogen and oxygen atoms in total. The summed E-state index contributed by atoms with van der Waals surface area (Å²) in [6, 6.07) is 52.9. The molecule has 0 spiro atoms. The van der Waals surface area contributed by atoms with Gasteiger partial charge in [0.05, 0.1) is 34.4 Å². The van der Waals surface area contributed by atoms with E-state index < -0.39 is 23.9 Å². The van der Waals surface area contributed by atoms with E-state index in [1.807, 2.05) is 12.1 Å². The first kappa shape index (κ1) is 35.7. The van der Waals surface area contributed by atoms with E-state index in [0.717, 1.165) is 73.1 Å². The van der Waals surface area contributed by atoms with Gasteiger partial charge in [-0.1, -0.05) is 134 Å². The lowest BCUT2D eigenvalue weighted by Crippen LogP contribution is -2.41. The summed E-state index contributed by atoms with van der Waals surface area (Å²) in [5, 5.41) is 6.58. The molecule has 0 radical (unpaired) electrons. The Bertz CT molecular complexity index is 2540. The lowest BCUT2D eigenvalue weighted by molar-refractivity contribution is 0.00578. The molecule has 1 fully saturated rings. The Morgan fingerprint density at radius 1 is 0.696 bits per heavy atom. The van der Waals surface area contributed by atoms with Crippen LogP contribution in [0.3, 0.4) is 0 Å². The minimum atomic E-state index is -0.845. The fraction of sp³-hybridized carbons (Fsp3) is 0.208. The quantitative estimate of drug-likeness (QED) is 0.112. The van der Waals surface area contributed by atoms with Crippen LogP contribution in [0.1, 0.15) is 57.7 Å². The first-order valence-electron chi connectivity index (χ1n) is 19.5. The van der Waals surface area contributed by atoms with Gasteiger partial charge in [0.25, 0.3) is 0 Å². The Hall–Kier alpha value is -5.96. The SMILES string of the molecule is CCCOc1cccc(-c2cccc3[nH]c(-c4nn(C(c5ccccc5)(c5ccccc5)c5ccccc5)c5ccc(B6OC(C)(C)C(C)(C)O6)cc45)nc23)c1. The third kappa shape index (κ3) is 5.92. The normalized spacial score (nSPS) is 15.1. The molecule has 0 atom stereocenters. The molecule has 6 aromatic carbocycles. The van der Waals surface area contributed by atoms with Crippen molar-refractivity contribution in [1.82, 2.24) is 19.7 Å². The molecule has 2 aromatic heterocycles. The van der Waals surface area contributed by atoms with E-state index >= 15 is 0 Å². The summed E-state index contributed by atoms with van der Waals surface area (Å²) in [4.78, 5) is 9.04. The summed E-state index contributed by atoms with van der Waals surface area (Å²) in [6.45, 7) is 11.1. The molecule has 56 heavy (non-hydrogen) atoms. The summed E-state index contributed by atoms with van der Waals surface area (Å²) in [5.74, 6) is 1.51. The second-order valence-corrected chi connectivity index (χ2v) is 15.6. The van der Waals surface area contributed by atoms with Crippen molar-refractivity contribution in [3.63, 3.8) is 0 Å². The van der Waals surface area contributed by atoms with E-state index in [1.165, 1.54) is 0 Å². The first-order chi connectivity index (χ1) is 27.2. The molecule has 3 heterocycles. The van der Waals surface area contributed by atoms with Crippen molar-refractivity contribution in [3.05, 3.63) is 168 Å². The monoisotopic (exact) mass is 736 g/mol. The van der Waals surface area contributed by atoms with Gasteiger partial charge in [0.2, 0.25) is 0 Å². The van der Waals surface area contributed by atoms with Gasteiger partial charge in [-0.3, -0.25) is 0 Å². The van der Waals surface area contributed by atoms with Crippen LogP contribution >= 0.6 is 0 Å². The number of hydrogen-bond acceptors (Lipinski definition) is 5. The molecule has 1 aliphatic rings. The van der Waals surface area contributed by atoms with Crippen LogP contribution in [0.25, 0.3) is 44.6 Å². The Morgan fingerprint density at radius 3 is 1.91 bits per heavy atom. The molecule has 8 heteroatoms. The number of para-hydroxylation sites is 1. The predicted octanol–water partition coefficient (Wildman–Crippen LogP) is 10.2. The summed E-state index contributed by atoms with van der Waals surface area (Å²) in [6.07, 6.45) is 0.944. The van der Waals surface area contributed by atoms with Crippen molar-refractivity contribution in [3.8, 4) is 28.4 Å². The number of imidazole rings is 1. The van der Waals surface area contributed by atoms with Crippen molar-refractivity contribution < 1.29 is 14.0 Å². The molecule has 0 saturated carbocycles. The zero-order chi connectivity index (χ0) is 38.5. The van der Waals surface area contributed by atoms with Gasteiger partial charge in [0.1, 0.15) is 17.0 Å². The zero-order valence-electron chi connectivity index (χ0n) is 32.5. The number of benzene rings is 6.